The number of amides is 1. The van der Waals surface area contributed by atoms with Crippen LogP contribution in [0.5, 0.6) is 5.75 Å². The van der Waals surface area contributed by atoms with Gasteiger partial charge >= 0.3 is 0 Å². The first-order valence-corrected chi connectivity index (χ1v) is 6.73. The summed E-state index contributed by atoms with van der Waals surface area (Å²) in [6.45, 7) is 3.36. The Balaban J connectivity index is 2.23. The van der Waals surface area contributed by atoms with Gasteiger partial charge in [0.05, 0.1) is 12.7 Å². The normalized spacial score (nSPS) is 16.7. The van der Waals surface area contributed by atoms with E-state index in [0.29, 0.717) is 11.3 Å². The van der Waals surface area contributed by atoms with Gasteiger partial charge in [0.15, 0.2) is 0 Å². The van der Waals surface area contributed by atoms with Crippen molar-refractivity contribution in [2.24, 2.45) is 0 Å². The van der Waals surface area contributed by atoms with E-state index in [9.17, 15) is 4.79 Å². The highest BCUT2D eigenvalue weighted by Crippen LogP contribution is 2.28. The smallest absolute Gasteiger partial charge is 0.258 e. The second kappa shape index (κ2) is 5.71. The summed E-state index contributed by atoms with van der Waals surface area (Å²) in [4.78, 5) is 16.6. The zero-order valence-corrected chi connectivity index (χ0v) is 12.2. The van der Waals surface area contributed by atoms with Crippen LogP contribution >= 0.6 is 15.9 Å². The average molecular weight is 313 g/mol. The van der Waals surface area contributed by atoms with Crippen molar-refractivity contribution in [3.63, 3.8) is 0 Å². The van der Waals surface area contributed by atoms with Gasteiger partial charge < -0.3 is 14.5 Å². The first-order chi connectivity index (χ1) is 8.63. The molecule has 0 aromatic heterocycles. The molecule has 0 spiro atoms. The molecule has 4 nitrogen and oxygen atoms in total. The lowest BCUT2D eigenvalue weighted by atomic mass is 10.1. The van der Waals surface area contributed by atoms with Crippen molar-refractivity contribution in [1.82, 2.24) is 9.80 Å². The fourth-order valence-electron chi connectivity index (χ4n) is 2.05. The largest absolute Gasteiger partial charge is 0.496 e. The Kier molecular flexibility index (Phi) is 4.24. The lowest BCUT2D eigenvalue weighted by Crippen LogP contribution is -2.47. The number of nitrogens with zero attached hydrogens (tertiary/aromatic N) is 2. The van der Waals surface area contributed by atoms with Gasteiger partial charge in [-0.2, -0.15) is 0 Å². The van der Waals surface area contributed by atoms with Crippen LogP contribution in [0.3, 0.4) is 0 Å². The Morgan fingerprint density at radius 2 is 1.94 bits per heavy atom. The molecule has 5 heteroatoms. The van der Waals surface area contributed by atoms with Gasteiger partial charge in [0.25, 0.3) is 5.91 Å². The molecule has 0 atom stereocenters. The number of halogens is 1. The minimum Gasteiger partial charge on any atom is -0.496 e. The van der Waals surface area contributed by atoms with Gasteiger partial charge in [-0.05, 0) is 35.1 Å². The maximum Gasteiger partial charge on any atom is 0.258 e. The molecule has 0 aliphatic carbocycles. The van der Waals surface area contributed by atoms with Gasteiger partial charge in [-0.1, -0.05) is 6.07 Å². The fraction of sp³-hybridized carbons (Fsp3) is 0.462. The summed E-state index contributed by atoms with van der Waals surface area (Å²) >= 11 is 3.43. The van der Waals surface area contributed by atoms with Crippen molar-refractivity contribution in [2.75, 3.05) is 40.3 Å². The van der Waals surface area contributed by atoms with Crippen LogP contribution < -0.4 is 4.74 Å². The molecule has 0 unspecified atom stereocenters. The van der Waals surface area contributed by atoms with Crippen molar-refractivity contribution in [3.05, 3.63) is 28.2 Å². The lowest BCUT2D eigenvalue weighted by Gasteiger charge is -2.32. The molecule has 1 saturated heterocycles. The molecule has 18 heavy (non-hydrogen) atoms. The first kappa shape index (κ1) is 13.4. The highest BCUT2D eigenvalue weighted by atomic mass is 79.9. The Morgan fingerprint density at radius 3 is 2.56 bits per heavy atom. The Labute approximate surface area is 116 Å². The topological polar surface area (TPSA) is 32.8 Å². The lowest BCUT2D eigenvalue weighted by molar-refractivity contribution is 0.0660. The second-order valence-corrected chi connectivity index (χ2v) is 5.27. The molecule has 1 heterocycles. The third-order valence-corrected chi connectivity index (χ3v) is 3.86. The van der Waals surface area contributed by atoms with Crippen LogP contribution in [0.25, 0.3) is 0 Å². The second-order valence-electron chi connectivity index (χ2n) is 4.41. The van der Waals surface area contributed by atoms with Crippen molar-refractivity contribution in [3.8, 4) is 5.75 Å². The maximum absolute atomic E-state index is 12.5. The number of carbonyl (C=O) groups excluding carboxylic acids is 1. The van der Waals surface area contributed by atoms with Crippen LogP contribution in [0.4, 0.5) is 0 Å². The van der Waals surface area contributed by atoms with Gasteiger partial charge in [0.2, 0.25) is 0 Å². The number of rotatable bonds is 2. The number of hydrogen-bond acceptors (Lipinski definition) is 3. The number of piperazine rings is 1. The van der Waals surface area contributed by atoms with Crippen LogP contribution in [0.15, 0.2) is 22.7 Å². The van der Waals surface area contributed by atoms with Crippen LogP contribution in [0.1, 0.15) is 10.4 Å². The molecular formula is C13H17BrN2O2. The number of carbonyl (C=O) groups is 1. The van der Waals surface area contributed by atoms with Gasteiger partial charge in [-0.25, -0.2) is 0 Å². The molecule has 1 amide bonds. The molecule has 1 aromatic carbocycles. The van der Waals surface area contributed by atoms with E-state index < -0.39 is 0 Å². The maximum atomic E-state index is 12.5. The molecule has 0 N–H and O–H groups in total. The van der Waals surface area contributed by atoms with E-state index in [2.05, 4.69) is 27.9 Å². The van der Waals surface area contributed by atoms with E-state index in [1.54, 1.807) is 7.11 Å². The summed E-state index contributed by atoms with van der Waals surface area (Å²) in [6, 6.07) is 5.55. The Morgan fingerprint density at radius 1 is 1.28 bits per heavy atom. The van der Waals surface area contributed by atoms with Crippen LogP contribution in [-0.4, -0.2) is 56.0 Å². The van der Waals surface area contributed by atoms with Gasteiger partial charge in [-0.3, -0.25) is 4.79 Å². The molecule has 1 aliphatic rings. The average Bonchev–Trinajstić information content (AvgIpc) is 2.38. The van der Waals surface area contributed by atoms with Crippen molar-refractivity contribution in [1.29, 1.82) is 0 Å². The van der Waals surface area contributed by atoms with Gasteiger partial charge in [-0.15, -0.1) is 0 Å². The molecule has 0 saturated carbocycles. The number of ether oxygens (including phenoxy) is 1. The van der Waals surface area contributed by atoms with Crippen molar-refractivity contribution >= 4 is 21.8 Å². The van der Waals surface area contributed by atoms with Crippen LogP contribution in [0, 0.1) is 0 Å². The predicted molar refractivity (Wildman–Crippen MR) is 74.1 cm³/mol. The van der Waals surface area contributed by atoms with Crippen molar-refractivity contribution in [2.45, 2.75) is 0 Å². The Hall–Kier alpha value is -1.07. The van der Waals surface area contributed by atoms with Crippen LogP contribution in [0.2, 0.25) is 0 Å². The summed E-state index contributed by atoms with van der Waals surface area (Å²) < 4.78 is 6.05. The van der Waals surface area contributed by atoms with E-state index in [4.69, 9.17) is 4.74 Å². The van der Waals surface area contributed by atoms with E-state index >= 15 is 0 Å². The predicted octanol–water partition coefficient (Wildman–Crippen LogP) is 1.85. The molecule has 2 rings (SSSR count). The highest BCUT2D eigenvalue weighted by Gasteiger charge is 2.24. The van der Waals surface area contributed by atoms with Crippen LogP contribution in [-0.2, 0) is 0 Å². The van der Waals surface area contributed by atoms with E-state index in [1.165, 1.54) is 0 Å². The quantitative estimate of drug-likeness (QED) is 0.835. The SMILES string of the molecule is COc1cccc(Br)c1C(=O)N1CCN(C)CC1. The monoisotopic (exact) mass is 312 g/mol. The summed E-state index contributed by atoms with van der Waals surface area (Å²) in [7, 11) is 3.66. The molecule has 1 aliphatic heterocycles. The zero-order chi connectivity index (χ0) is 13.1. The highest BCUT2D eigenvalue weighted by molar-refractivity contribution is 9.10. The molecule has 1 aromatic rings. The van der Waals surface area contributed by atoms with E-state index in [1.807, 2.05) is 23.1 Å². The number of hydrogen-bond donors (Lipinski definition) is 0. The molecular weight excluding hydrogens is 296 g/mol. The van der Waals surface area contributed by atoms with E-state index in [0.717, 1.165) is 30.7 Å². The Bertz CT molecular complexity index is 443. The fourth-order valence-corrected chi connectivity index (χ4v) is 2.57. The van der Waals surface area contributed by atoms with Gasteiger partial charge in [0.1, 0.15) is 5.75 Å². The van der Waals surface area contributed by atoms with Gasteiger partial charge in [0, 0.05) is 30.7 Å². The molecule has 0 radical (unpaired) electrons. The third-order valence-electron chi connectivity index (χ3n) is 3.20. The number of methoxy groups -OCH3 is 1. The first-order valence-electron chi connectivity index (χ1n) is 5.94. The summed E-state index contributed by atoms with van der Waals surface area (Å²) in [6.07, 6.45) is 0. The summed E-state index contributed by atoms with van der Waals surface area (Å²) in [5.74, 6) is 0.653. The minimum atomic E-state index is 0.0347. The zero-order valence-electron chi connectivity index (χ0n) is 10.6. The minimum absolute atomic E-state index is 0.0347. The number of likely N-dealkylation sites (N-methyl/N-ethyl adjacent to an activating group) is 1. The molecule has 0 bridgehead atoms. The third kappa shape index (κ3) is 2.67. The standard InChI is InChI=1S/C13H17BrN2O2/c1-15-6-8-16(9-7-15)13(17)12-10(14)4-3-5-11(12)18-2/h3-5H,6-9H2,1-2H3. The summed E-state index contributed by atoms with van der Waals surface area (Å²) in [5, 5.41) is 0. The molecule has 1 fully saturated rings. The summed E-state index contributed by atoms with van der Waals surface area (Å²) in [5.41, 5.74) is 0.615. The number of benzene rings is 1. The van der Waals surface area contributed by atoms with Crippen molar-refractivity contribution < 1.29 is 9.53 Å². The molecule has 98 valence electrons. The van der Waals surface area contributed by atoms with E-state index in [-0.39, 0.29) is 5.91 Å².